The number of hydrogen-bond acceptors (Lipinski definition) is 4. The van der Waals surface area contributed by atoms with Crippen LogP contribution in [0.3, 0.4) is 0 Å². The molecule has 0 atom stereocenters. The van der Waals surface area contributed by atoms with Crippen LogP contribution >= 0.6 is 0 Å². The Bertz CT molecular complexity index is 577. The summed E-state index contributed by atoms with van der Waals surface area (Å²) in [5.41, 5.74) is 9.24. The van der Waals surface area contributed by atoms with Gasteiger partial charge >= 0.3 is 0 Å². The molecule has 0 aliphatic carbocycles. The van der Waals surface area contributed by atoms with Crippen LogP contribution in [-0.4, -0.2) is 14.8 Å². The van der Waals surface area contributed by atoms with E-state index in [4.69, 9.17) is 11.0 Å². The topological polar surface area (TPSA) is 80.5 Å². The van der Waals surface area contributed by atoms with Crippen molar-refractivity contribution in [3.05, 3.63) is 40.8 Å². The second-order valence-electron chi connectivity index (χ2n) is 3.88. The lowest BCUT2D eigenvalue weighted by Gasteiger charge is -2.07. The normalized spacial score (nSPS) is 10.2. The first-order chi connectivity index (χ1) is 8.15. The van der Waals surface area contributed by atoms with Crippen molar-refractivity contribution in [2.75, 3.05) is 5.73 Å². The molecule has 0 saturated heterocycles. The third-order valence-electron chi connectivity index (χ3n) is 2.93. The number of aromatic nitrogens is 3. The monoisotopic (exact) mass is 227 g/mol. The smallest absolute Gasteiger partial charge is 0.122 e. The lowest BCUT2D eigenvalue weighted by molar-refractivity contribution is 0.743. The van der Waals surface area contributed by atoms with Gasteiger partial charge in [0.2, 0.25) is 0 Å². The summed E-state index contributed by atoms with van der Waals surface area (Å²) in [5.74, 6) is 0.494. The first-order valence-corrected chi connectivity index (χ1v) is 5.27. The molecule has 2 aromatic rings. The van der Waals surface area contributed by atoms with E-state index in [2.05, 4.69) is 16.3 Å². The molecule has 17 heavy (non-hydrogen) atoms. The number of hydrogen-bond donors (Lipinski definition) is 1. The SMILES string of the molecule is Cc1c(C#N)c(N)n(Cc2cccnn2)c1C. The summed E-state index contributed by atoms with van der Waals surface area (Å²) >= 11 is 0. The average molecular weight is 227 g/mol. The zero-order valence-corrected chi connectivity index (χ0v) is 9.81. The maximum atomic E-state index is 9.03. The average Bonchev–Trinajstić information content (AvgIpc) is 2.55. The second kappa shape index (κ2) is 4.26. The third kappa shape index (κ3) is 1.85. The summed E-state index contributed by atoms with van der Waals surface area (Å²) in [6, 6.07) is 5.84. The van der Waals surface area contributed by atoms with Gasteiger partial charge < -0.3 is 10.3 Å². The summed E-state index contributed by atoms with van der Waals surface area (Å²) in [6.07, 6.45) is 1.63. The molecular formula is C12H13N5. The molecule has 0 aromatic carbocycles. The summed E-state index contributed by atoms with van der Waals surface area (Å²) in [7, 11) is 0. The highest BCUT2D eigenvalue weighted by Crippen LogP contribution is 2.23. The first kappa shape index (κ1) is 11.1. The number of nitrogen functional groups attached to an aromatic ring is 1. The Morgan fingerprint density at radius 3 is 2.76 bits per heavy atom. The Kier molecular flexibility index (Phi) is 2.79. The fourth-order valence-electron chi connectivity index (χ4n) is 1.82. The Hall–Kier alpha value is -2.35. The fourth-order valence-corrected chi connectivity index (χ4v) is 1.82. The Labute approximate surface area is 99.5 Å². The van der Waals surface area contributed by atoms with Crippen LogP contribution < -0.4 is 5.73 Å². The number of rotatable bonds is 2. The molecule has 2 N–H and O–H groups in total. The zero-order chi connectivity index (χ0) is 12.4. The minimum atomic E-state index is 0.494. The van der Waals surface area contributed by atoms with Crippen LogP contribution in [-0.2, 0) is 6.54 Å². The molecule has 0 amide bonds. The molecule has 0 aliphatic rings. The van der Waals surface area contributed by atoms with Crippen molar-refractivity contribution >= 4 is 5.82 Å². The Morgan fingerprint density at radius 1 is 1.47 bits per heavy atom. The van der Waals surface area contributed by atoms with E-state index in [9.17, 15) is 0 Å². The predicted octanol–water partition coefficient (Wildman–Crippen LogP) is 1.40. The van der Waals surface area contributed by atoms with E-state index < -0.39 is 0 Å². The molecule has 0 unspecified atom stereocenters. The summed E-state index contributed by atoms with van der Waals surface area (Å²) in [4.78, 5) is 0. The van der Waals surface area contributed by atoms with Crippen molar-refractivity contribution in [3.63, 3.8) is 0 Å². The highest BCUT2D eigenvalue weighted by molar-refractivity contribution is 5.58. The fraction of sp³-hybridized carbons (Fsp3) is 0.250. The maximum absolute atomic E-state index is 9.03. The molecule has 86 valence electrons. The minimum absolute atomic E-state index is 0.494. The quantitative estimate of drug-likeness (QED) is 0.840. The van der Waals surface area contributed by atoms with Crippen LogP contribution in [0.25, 0.3) is 0 Å². The lowest BCUT2D eigenvalue weighted by atomic mass is 10.2. The predicted molar refractivity (Wildman–Crippen MR) is 64.2 cm³/mol. The van der Waals surface area contributed by atoms with E-state index in [1.165, 1.54) is 0 Å². The molecule has 0 bridgehead atoms. The van der Waals surface area contributed by atoms with Crippen LogP contribution in [0.1, 0.15) is 22.5 Å². The van der Waals surface area contributed by atoms with Gasteiger partial charge in [-0.25, -0.2) is 0 Å². The molecule has 5 heteroatoms. The van der Waals surface area contributed by atoms with Crippen LogP contribution in [0.2, 0.25) is 0 Å². The second-order valence-corrected chi connectivity index (χ2v) is 3.88. The third-order valence-corrected chi connectivity index (χ3v) is 2.93. The summed E-state index contributed by atoms with van der Waals surface area (Å²) in [5, 5.41) is 16.9. The number of anilines is 1. The zero-order valence-electron chi connectivity index (χ0n) is 9.81. The highest BCUT2D eigenvalue weighted by atomic mass is 15.1. The van der Waals surface area contributed by atoms with Crippen LogP contribution in [0, 0.1) is 25.2 Å². The highest BCUT2D eigenvalue weighted by Gasteiger charge is 2.15. The van der Waals surface area contributed by atoms with Crippen molar-refractivity contribution in [1.82, 2.24) is 14.8 Å². The van der Waals surface area contributed by atoms with Crippen molar-refractivity contribution < 1.29 is 0 Å². The molecule has 0 aliphatic heterocycles. The van der Waals surface area contributed by atoms with E-state index in [0.29, 0.717) is 17.9 Å². The Balaban J connectivity index is 2.45. The van der Waals surface area contributed by atoms with Crippen molar-refractivity contribution in [1.29, 1.82) is 5.26 Å². The van der Waals surface area contributed by atoms with Gasteiger partial charge in [-0.3, -0.25) is 0 Å². The van der Waals surface area contributed by atoms with Gasteiger partial charge in [-0.15, -0.1) is 0 Å². The van der Waals surface area contributed by atoms with E-state index in [1.807, 2.05) is 30.5 Å². The van der Waals surface area contributed by atoms with Gasteiger partial charge in [-0.2, -0.15) is 15.5 Å². The van der Waals surface area contributed by atoms with E-state index in [1.54, 1.807) is 6.20 Å². The van der Waals surface area contributed by atoms with Gasteiger partial charge in [0.05, 0.1) is 17.8 Å². The maximum Gasteiger partial charge on any atom is 0.122 e. The van der Waals surface area contributed by atoms with E-state index >= 15 is 0 Å². The molecule has 2 rings (SSSR count). The molecule has 0 saturated carbocycles. The summed E-state index contributed by atoms with van der Waals surface area (Å²) in [6.45, 7) is 4.38. The van der Waals surface area contributed by atoms with Gasteiger partial charge in [0.25, 0.3) is 0 Å². The summed E-state index contributed by atoms with van der Waals surface area (Å²) < 4.78 is 1.89. The van der Waals surface area contributed by atoms with Gasteiger partial charge in [0.1, 0.15) is 11.9 Å². The van der Waals surface area contributed by atoms with Crippen LogP contribution in [0.15, 0.2) is 18.3 Å². The van der Waals surface area contributed by atoms with Gasteiger partial charge in [-0.05, 0) is 31.5 Å². The molecular weight excluding hydrogens is 214 g/mol. The first-order valence-electron chi connectivity index (χ1n) is 5.27. The largest absolute Gasteiger partial charge is 0.384 e. The molecule has 0 radical (unpaired) electrons. The molecule has 2 heterocycles. The Morgan fingerprint density at radius 2 is 2.24 bits per heavy atom. The molecule has 0 spiro atoms. The van der Waals surface area contributed by atoms with Gasteiger partial charge in [0, 0.05) is 11.9 Å². The van der Waals surface area contributed by atoms with Crippen LogP contribution in [0.4, 0.5) is 5.82 Å². The van der Waals surface area contributed by atoms with Crippen LogP contribution in [0.5, 0.6) is 0 Å². The van der Waals surface area contributed by atoms with Crippen molar-refractivity contribution in [2.45, 2.75) is 20.4 Å². The lowest BCUT2D eigenvalue weighted by Crippen LogP contribution is -2.08. The molecule has 2 aromatic heterocycles. The van der Waals surface area contributed by atoms with Gasteiger partial charge in [-0.1, -0.05) is 0 Å². The number of nitrogens with two attached hydrogens (primary N) is 1. The van der Waals surface area contributed by atoms with Gasteiger partial charge in [0.15, 0.2) is 0 Å². The number of nitrogens with zero attached hydrogens (tertiary/aromatic N) is 4. The standard InChI is InChI=1S/C12H13N5/c1-8-9(2)17(12(14)11(8)6-13)7-10-4-3-5-15-16-10/h3-5H,7,14H2,1-2H3. The molecule has 0 fully saturated rings. The van der Waals surface area contributed by atoms with E-state index in [-0.39, 0.29) is 0 Å². The number of nitriles is 1. The minimum Gasteiger partial charge on any atom is -0.384 e. The van der Waals surface area contributed by atoms with E-state index in [0.717, 1.165) is 17.0 Å². The van der Waals surface area contributed by atoms with Crippen molar-refractivity contribution in [3.8, 4) is 6.07 Å². The molecule has 5 nitrogen and oxygen atoms in total. The van der Waals surface area contributed by atoms with Crippen molar-refractivity contribution in [2.24, 2.45) is 0 Å².